The first-order valence-corrected chi connectivity index (χ1v) is 10.5. The highest BCUT2D eigenvalue weighted by molar-refractivity contribution is 7.07. The fourth-order valence-corrected chi connectivity index (χ4v) is 3.84. The molecule has 4 aromatic rings. The molecule has 3 aromatic heterocycles. The highest BCUT2D eigenvalue weighted by atomic mass is 32.1. The van der Waals surface area contributed by atoms with E-state index in [0.29, 0.717) is 17.2 Å². The van der Waals surface area contributed by atoms with Crippen LogP contribution >= 0.6 is 11.3 Å². The number of hydrogen-bond donors (Lipinski definition) is 2. The minimum atomic E-state index is -0.229. The molecule has 1 amide bonds. The summed E-state index contributed by atoms with van der Waals surface area (Å²) in [5.74, 6) is 0.882. The van der Waals surface area contributed by atoms with Crippen LogP contribution in [0.25, 0.3) is 10.9 Å². The number of allylic oxidation sites excluding steroid dienone is 1. The summed E-state index contributed by atoms with van der Waals surface area (Å²) in [6.45, 7) is 3.90. The summed E-state index contributed by atoms with van der Waals surface area (Å²) in [6.07, 6.45) is 7.18. The average molecular weight is 416 g/mol. The molecule has 2 N–H and O–H groups in total. The molecule has 0 saturated heterocycles. The quantitative estimate of drug-likeness (QED) is 0.421. The van der Waals surface area contributed by atoms with Crippen LogP contribution < -0.4 is 10.6 Å². The maximum atomic E-state index is 11.8. The van der Waals surface area contributed by atoms with Gasteiger partial charge in [-0.1, -0.05) is 12.1 Å². The van der Waals surface area contributed by atoms with Crippen LogP contribution in [0.5, 0.6) is 0 Å². The zero-order chi connectivity index (χ0) is 20.9. The second kappa shape index (κ2) is 8.84. The zero-order valence-electron chi connectivity index (χ0n) is 16.7. The van der Waals surface area contributed by atoms with Gasteiger partial charge < -0.3 is 10.6 Å². The van der Waals surface area contributed by atoms with Gasteiger partial charge in [0.15, 0.2) is 0 Å². The average Bonchev–Trinajstić information content (AvgIpc) is 3.24. The van der Waals surface area contributed by atoms with E-state index in [0.717, 1.165) is 17.5 Å². The second-order valence-corrected chi connectivity index (χ2v) is 7.65. The lowest BCUT2D eigenvalue weighted by atomic mass is 10.0. The van der Waals surface area contributed by atoms with Crippen molar-refractivity contribution in [2.75, 3.05) is 10.6 Å². The molecule has 0 saturated carbocycles. The Balaban J connectivity index is 1.60. The Bertz CT molecular complexity index is 1220. The number of anilines is 3. The molecule has 1 aromatic carbocycles. The van der Waals surface area contributed by atoms with Gasteiger partial charge in [0.05, 0.1) is 11.7 Å². The Morgan fingerprint density at radius 2 is 2.07 bits per heavy atom. The van der Waals surface area contributed by atoms with Crippen molar-refractivity contribution in [3.8, 4) is 0 Å². The summed E-state index contributed by atoms with van der Waals surface area (Å²) >= 11 is 1.72. The van der Waals surface area contributed by atoms with E-state index >= 15 is 0 Å². The van der Waals surface area contributed by atoms with Gasteiger partial charge in [-0.2, -0.15) is 11.3 Å². The molecule has 6 nitrogen and oxygen atoms in total. The van der Waals surface area contributed by atoms with Crippen molar-refractivity contribution in [2.24, 2.45) is 0 Å². The van der Waals surface area contributed by atoms with Gasteiger partial charge in [-0.3, -0.25) is 4.79 Å². The molecule has 4 rings (SSSR count). The molecule has 30 heavy (non-hydrogen) atoms. The summed E-state index contributed by atoms with van der Waals surface area (Å²) in [5, 5.41) is 11.2. The van der Waals surface area contributed by atoms with Crippen molar-refractivity contribution in [1.82, 2.24) is 15.0 Å². The van der Waals surface area contributed by atoms with E-state index in [1.165, 1.54) is 29.1 Å². The Hall–Kier alpha value is -3.58. The van der Waals surface area contributed by atoms with Crippen LogP contribution in [0.1, 0.15) is 23.6 Å². The number of carbonyl (C=O) groups excluding carboxylic acids is 1. The molecule has 0 fully saturated rings. The lowest BCUT2D eigenvalue weighted by molar-refractivity contribution is -0.111. The van der Waals surface area contributed by atoms with Gasteiger partial charge in [-0.25, -0.2) is 15.0 Å². The van der Waals surface area contributed by atoms with E-state index < -0.39 is 0 Å². The molecule has 3 heterocycles. The largest absolute Gasteiger partial charge is 0.340 e. The normalized spacial score (nSPS) is 11.1. The molecule has 0 spiro atoms. The molecule has 0 aliphatic heterocycles. The van der Waals surface area contributed by atoms with Gasteiger partial charge in [0.1, 0.15) is 18.0 Å². The smallest absolute Gasteiger partial charge is 0.249 e. The first-order chi connectivity index (χ1) is 14.6. The Labute approximate surface area is 178 Å². The molecule has 0 aliphatic rings. The van der Waals surface area contributed by atoms with Gasteiger partial charge in [0.2, 0.25) is 5.91 Å². The van der Waals surface area contributed by atoms with E-state index in [-0.39, 0.29) is 5.91 Å². The standard InChI is InChI=1S/C23H21N5OS/c1-3-4-22(29)28-21-11-19-20(12-24-21)25-14-26-23(19)27-18-6-5-17(15(2)9-18)10-16-7-8-30-13-16/h3-9,11-14H,10H2,1-2H3,(H,24,28,29)(H,25,26,27). The van der Waals surface area contributed by atoms with E-state index in [9.17, 15) is 4.79 Å². The number of nitrogens with zero attached hydrogens (tertiary/aromatic N) is 3. The third kappa shape index (κ3) is 4.52. The van der Waals surface area contributed by atoms with Gasteiger partial charge in [-0.15, -0.1) is 0 Å². The van der Waals surface area contributed by atoms with Crippen molar-refractivity contribution in [1.29, 1.82) is 0 Å². The highest BCUT2D eigenvalue weighted by Crippen LogP contribution is 2.26. The SMILES string of the molecule is CC=CC(=O)Nc1cc2c(Nc3ccc(Cc4ccsc4)c(C)c3)ncnc2cn1. The fraction of sp³-hybridized carbons (Fsp3) is 0.130. The van der Waals surface area contributed by atoms with E-state index in [4.69, 9.17) is 0 Å². The molecule has 0 aliphatic carbocycles. The second-order valence-electron chi connectivity index (χ2n) is 6.87. The minimum absolute atomic E-state index is 0.229. The molecule has 0 unspecified atom stereocenters. The number of benzene rings is 1. The summed E-state index contributed by atoms with van der Waals surface area (Å²) < 4.78 is 0. The monoisotopic (exact) mass is 415 g/mol. The van der Waals surface area contributed by atoms with Crippen LogP contribution in [0, 0.1) is 6.92 Å². The first-order valence-electron chi connectivity index (χ1n) is 9.54. The number of carbonyl (C=O) groups is 1. The molecule has 0 radical (unpaired) electrons. The predicted molar refractivity (Wildman–Crippen MR) is 122 cm³/mol. The molecule has 0 atom stereocenters. The number of fused-ring (bicyclic) bond motifs is 1. The summed E-state index contributed by atoms with van der Waals surface area (Å²) in [7, 11) is 0. The van der Waals surface area contributed by atoms with E-state index in [1.807, 2.05) is 0 Å². The van der Waals surface area contributed by atoms with Crippen molar-refractivity contribution >= 4 is 45.5 Å². The maximum Gasteiger partial charge on any atom is 0.249 e. The van der Waals surface area contributed by atoms with Gasteiger partial charge in [0, 0.05) is 11.1 Å². The number of amides is 1. The summed E-state index contributed by atoms with van der Waals surface area (Å²) in [6, 6.07) is 10.2. The number of hydrogen-bond acceptors (Lipinski definition) is 6. The molecular weight excluding hydrogens is 394 g/mol. The number of thiophene rings is 1. The lowest BCUT2D eigenvalue weighted by Gasteiger charge is -2.12. The number of nitrogens with one attached hydrogen (secondary N) is 2. The van der Waals surface area contributed by atoms with Crippen LogP contribution in [-0.2, 0) is 11.2 Å². The third-order valence-electron chi connectivity index (χ3n) is 4.67. The van der Waals surface area contributed by atoms with Crippen molar-refractivity contribution in [3.05, 3.63) is 82.5 Å². The highest BCUT2D eigenvalue weighted by Gasteiger charge is 2.09. The molecule has 0 bridgehead atoms. The van der Waals surface area contributed by atoms with Crippen molar-refractivity contribution < 1.29 is 4.79 Å². The first kappa shape index (κ1) is 19.7. The Kier molecular flexibility index (Phi) is 5.81. The van der Waals surface area contributed by atoms with Gasteiger partial charge in [-0.05, 0) is 78.1 Å². The zero-order valence-corrected chi connectivity index (χ0v) is 17.5. The van der Waals surface area contributed by atoms with E-state index in [2.05, 4.69) is 67.5 Å². The van der Waals surface area contributed by atoms with Crippen LogP contribution in [0.3, 0.4) is 0 Å². The van der Waals surface area contributed by atoms with Gasteiger partial charge in [0.25, 0.3) is 0 Å². The van der Waals surface area contributed by atoms with Crippen LogP contribution in [0.2, 0.25) is 0 Å². The maximum absolute atomic E-state index is 11.8. The fourth-order valence-electron chi connectivity index (χ4n) is 3.17. The molecule has 150 valence electrons. The minimum Gasteiger partial charge on any atom is -0.340 e. The topological polar surface area (TPSA) is 79.8 Å². The number of aromatic nitrogens is 3. The predicted octanol–water partition coefficient (Wildman–Crippen LogP) is 5.24. The third-order valence-corrected chi connectivity index (χ3v) is 5.40. The van der Waals surface area contributed by atoms with Crippen molar-refractivity contribution in [3.63, 3.8) is 0 Å². The van der Waals surface area contributed by atoms with E-state index in [1.54, 1.807) is 36.6 Å². The lowest BCUT2D eigenvalue weighted by Crippen LogP contribution is -2.09. The Morgan fingerprint density at radius 3 is 2.83 bits per heavy atom. The summed E-state index contributed by atoms with van der Waals surface area (Å²) in [4.78, 5) is 24.7. The van der Waals surface area contributed by atoms with Crippen LogP contribution in [-0.4, -0.2) is 20.9 Å². The summed E-state index contributed by atoms with van der Waals surface area (Å²) in [5.41, 5.74) is 5.47. The van der Waals surface area contributed by atoms with Crippen LogP contribution in [0.15, 0.2) is 65.8 Å². The molecule has 7 heteroatoms. The van der Waals surface area contributed by atoms with Crippen molar-refractivity contribution in [2.45, 2.75) is 20.3 Å². The van der Waals surface area contributed by atoms with Gasteiger partial charge >= 0.3 is 0 Å². The number of pyridine rings is 1. The molecular formula is C23H21N5OS. The Morgan fingerprint density at radius 1 is 1.17 bits per heavy atom. The number of rotatable bonds is 6. The van der Waals surface area contributed by atoms with Crippen LogP contribution in [0.4, 0.5) is 17.3 Å². The number of aryl methyl sites for hydroxylation is 1.